The van der Waals surface area contributed by atoms with E-state index in [0.29, 0.717) is 18.2 Å². The molecule has 7 heteroatoms. The molecule has 2 N–H and O–H groups in total. The van der Waals surface area contributed by atoms with Gasteiger partial charge < -0.3 is 5.73 Å². The van der Waals surface area contributed by atoms with E-state index in [1.165, 1.54) is 4.68 Å². The van der Waals surface area contributed by atoms with Crippen molar-refractivity contribution in [3.05, 3.63) is 5.69 Å². The minimum atomic E-state index is -3.55. The van der Waals surface area contributed by atoms with E-state index >= 15 is 0 Å². The van der Waals surface area contributed by atoms with Crippen LogP contribution in [0.15, 0.2) is 4.90 Å². The normalized spacial score (nSPS) is 21.4. The monoisotopic (exact) mass is 286 g/mol. The van der Waals surface area contributed by atoms with Crippen LogP contribution >= 0.6 is 0 Å². The van der Waals surface area contributed by atoms with E-state index in [1.54, 1.807) is 18.3 Å². The van der Waals surface area contributed by atoms with E-state index in [1.807, 2.05) is 0 Å². The molecule has 0 aliphatic carbocycles. The maximum atomic E-state index is 12.8. The van der Waals surface area contributed by atoms with Crippen LogP contribution in [-0.2, 0) is 17.1 Å². The Hall–Kier alpha value is -1.08. The Bertz CT molecular complexity index is 577. The molecule has 1 aliphatic heterocycles. The summed E-state index contributed by atoms with van der Waals surface area (Å²) >= 11 is 0. The number of aryl methyl sites for hydroxylation is 1. The van der Waals surface area contributed by atoms with Gasteiger partial charge in [-0.25, -0.2) is 8.42 Å². The quantitative estimate of drug-likeness (QED) is 0.903. The standard InChI is InChI=1S/C12H22N4O2S/c1-8(2)10-6-5-7-16(10)19(17,18)11-9(3)15(4)14-12(11)13/h8,10H,5-7H2,1-4H3,(H2,13,14). The van der Waals surface area contributed by atoms with Gasteiger partial charge in [-0.2, -0.15) is 9.40 Å². The molecule has 2 rings (SSSR count). The third-order valence-electron chi connectivity index (χ3n) is 3.89. The van der Waals surface area contributed by atoms with Gasteiger partial charge in [0.1, 0.15) is 4.90 Å². The highest BCUT2D eigenvalue weighted by Crippen LogP contribution is 2.33. The molecule has 1 aromatic heterocycles. The molecule has 0 amide bonds. The topological polar surface area (TPSA) is 81.2 Å². The van der Waals surface area contributed by atoms with Crippen molar-refractivity contribution < 1.29 is 8.42 Å². The lowest BCUT2D eigenvalue weighted by molar-refractivity contribution is 0.315. The average molecular weight is 286 g/mol. The number of anilines is 1. The first kappa shape index (κ1) is 14.3. The maximum Gasteiger partial charge on any atom is 0.248 e. The van der Waals surface area contributed by atoms with Crippen molar-refractivity contribution in [1.82, 2.24) is 14.1 Å². The summed E-state index contributed by atoms with van der Waals surface area (Å²) in [6, 6.07) is 0.0593. The zero-order valence-electron chi connectivity index (χ0n) is 11.9. The molecule has 1 aliphatic rings. The van der Waals surface area contributed by atoms with E-state index in [-0.39, 0.29) is 16.8 Å². The predicted molar refractivity (Wildman–Crippen MR) is 74.1 cm³/mol. The molecule has 1 aromatic rings. The Kier molecular flexibility index (Phi) is 3.61. The van der Waals surface area contributed by atoms with Crippen LogP contribution in [0.4, 0.5) is 5.82 Å². The number of hydrogen-bond acceptors (Lipinski definition) is 4. The smallest absolute Gasteiger partial charge is 0.248 e. The second-order valence-corrected chi connectivity index (χ2v) is 7.32. The number of nitrogens with two attached hydrogens (primary N) is 1. The highest BCUT2D eigenvalue weighted by molar-refractivity contribution is 7.89. The first-order valence-corrected chi connectivity index (χ1v) is 8.01. The van der Waals surface area contributed by atoms with Gasteiger partial charge in [0.15, 0.2) is 5.82 Å². The summed E-state index contributed by atoms with van der Waals surface area (Å²) < 4.78 is 28.7. The van der Waals surface area contributed by atoms with Crippen molar-refractivity contribution in [2.45, 2.75) is 44.6 Å². The number of nitrogen functional groups attached to an aromatic ring is 1. The molecular formula is C12H22N4O2S. The second-order valence-electron chi connectivity index (χ2n) is 5.49. The zero-order chi connectivity index (χ0) is 14.4. The van der Waals surface area contributed by atoms with Crippen LogP contribution in [-0.4, -0.2) is 35.1 Å². The Morgan fingerprint density at radius 3 is 2.53 bits per heavy atom. The molecule has 2 heterocycles. The van der Waals surface area contributed by atoms with Crippen molar-refractivity contribution in [3.63, 3.8) is 0 Å². The van der Waals surface area contributed by atoms with Crippen LogP contribution in [0.2, 0.25) is 0 Å². The minimum absolute atomic E-state index is 0.0593. The van der Waals surface area contributed by atoms with Crippen LogP contribution in [0.25, 0.3) is 0 Å². The summed E-state index contributed by atoms with van der Waals surface area (Å²) in [5, 5.41) is 4.01. The highest BCUT2D eigenvalue weighted by Gasteiger charge is 2.39. The van der Waals surface area contributed by atoms with Gasteiger partial charge >= 0.3 is 0 Å². The van der Waals surface area contributed by atoms with Gasteiger partial charge in [0, 0.05) is 19.6 Å². The summed E-state index contributed by atoms with van der Waals surface area (Å²) in [6.45, 7) is 6.41. The fraction of sp³-hybridized carbons (Fsp3) is 0.750. The molecule has 1 fully saturated rings. The first-order valence-electron chi connectivity index (χ1n) is 6.57. The fourth-order valence-corrected chi connectivity index (χ4v) is 4.90. The number of sulfonamides is 1. The molecule has 108 valence electrons. The highest BCUT2D eigenvalue weighted by atomic mass is 32.2. The van der Waals surface area contributed by atoms with E-state index in [0.717, 1.165) is 12.8 Å². The summed E-state index contributed by atoms with van der Waals surface area (Å²) in [7, 11) is -1.85. The summed E-state index contributed by atoms with van der Waals surface area (Å²) in [5.41, 5.74) is 6.37. The molecule has 0 spiro atoms. The number of hydrogen-bond donors (Lipinski definition) is 1. The van der Waals surface area contributed by atoms with Crippen LogP contribution in [0, 0.1) is 12.8 Å². The number of aromatic nitrogens is 2. The third kappa shape index (κ3) is 2.25. The van der Waals surface area contributed by atoms with E-state index < -0.39 is 10.0 Å². The predicted octanol–water partition coefficient (Wildman–Crippen LogP) is 1.12. The SMILES string of the molecule is Cc1c(S(=O)(=O)N2CCCC2C(C)C)c(N)nn1C. The van der Waals surface area contributed by atoms with Gasteiger partial charge in [0.2, 0.25) is 10.0 Å². The number of nitrogens with zero attached hydrogens (tertiary/aromatic N) is 3. The lowest BCUT2D eigenvalue weighted by Gasteiger charge is -2.26. The Labute approximate surface area is 114 Å². The zero-order valence-corrected chi connectivity index (χ0v) is 12.7. The molecule has 19 heavy (non-hydrogen) atoms. The van der Waals surface area contributed by atoms with E-state index in [4.69, 9.17) is 5.73 Å². The lowest BCUT2D eigenvalue weighted by Crippen LogP contribution is -2.38. The summed E-state index contributed by atoms with van der Waals surface area (Å²) in [4.78, 5) is 0.169. The lowest BCUT2D eigenvalue weighted by atomic mass is 10.0. The average Bonchev–Trinajstić information content (AvgIpc) is 2.85. The van der Waals surface area contributed by atoms with Gasteiger partial charge in [0.25, 0.3) is 0 Å². The van der Waals surface area contributed by atoms with Crippen LogP contribution in [0.1, 0.15) is 32.4 Å². The van der Waals surface area contributed by atoms with Crippen molar-refractivity contribution >= 4 is 15.8 Å². The van der Waals surface area contributed by atoms with Crippen LogP contribution < -0.4 is 5.73 Å². The van der Waals surface area contributed by atoms with Gasteiger partial charge in [-0.1, -0.05) is 13.8 Å². The first-order chi connectivity index (χ1) is 8.76. The van der Waals surface area contributed by atoms with E-state index in [2.05, 4.69) is 18.9 Å². The molecule has 1 unspecified atom stereocenters. The van der Waals surface area contributed by atoms with Crippen LogP contribution in [0.3, 0.4) is 0 Å². The van der Waals surface area contributed by atoms with Gasteiger partial charge in [0.05, 0.1) is 5.69 Å². The Balaban J connectivity index is 2.48. The Morgan fingerprint density at radius 1 is 1.42 bits per heavy atom. The molecule has 0 bridgehead atoms. The molecule has 1 atom stereocenters. The van der Waals surface area contributed by atoms with Crippen molar-refractivity contribution in [1.29, 1.82) is 0 Å². The molecule has 6 nitrogen and oxygen atoms in total. The number of rotatable bonds is 3. The molecule has 0 radical (unpaired) electrons. The maximum absolute atomic E-state index is 12.8. The van der Waals surface area contributed by atoms with Crippen LogP contribution in [0.5, 0.6) is 0 Å². The summed E-state index contributed by atoms with van der Waals surface area (Å²) in [6.07, 6.45) is 1.82. The van der Waals surface area contributed by atoms with E-state index in [9.17, 15) is 8.42 Å². The van der Waals surface area contributed by atoms with Crippen molar-refractivity contribution in [2.75, 3.05) is 12.3 Å². The molecule has 0 saturated carbocycles. The molecule has 0 aromatic carbocycles. The van der Waals surface area contributed by atoms with Gasteiger partial charge in [-0.3, -0.25) is 4.68 Å². The Morgan fingerprint density at radius 2 is 2.05 bits per heavy atom. The molecular weight excluding hydrogens is 264 g/mol. The summed E-state index contributed by atoms with van der Waals surface area (Å²) in [5.74, 6) is 0.393. The second kappa shape index (κ2) is 4.79. The van der Waals surface area contributed by atoms with Crippen molar-refractivity contribution in [2.24, 2.45) is 13.0 Å². The minimum Gasteiger partial charge on any atom is -0.381 e. The third-order valence-corrected chi connectivity index (χ3v) is 5.98. The molecule has 1 saturated heterocycles. The van der Waals surface area contributed by atoms with Crippen molar-refractivity contribution in [3.8, 4) is 0 Å². The largest absolute Gasteiger partial charge is 0.381 e. The van der Waals surface area contributed by atoms with Gasteiger partial charge in [-0.05, 0) is 25.7 Å². The fourth-order valence-electron chi connectivity index (χ4n) is 2.78. The van der Waals surface area contributed by atoms with Gasteiger partial charge in [-0.15, -0.1) is 0 Å².